The molecule has 0 aliphatic heterocycles. The lowest BCUT2D eigenvalue weighted by Crippen LogP contribution is -2.27. The molecule has 2 amide bonds. The number of carbonyl (C=O) groups excluding carboxylic acids is 2. The molecule has 0 unspecified atom stereocenters. The highest BCUT2D eigenvalue weighted by atomic mass is 16.2. The van der Waals surface area contributed by atoms with Crippen LogP contribution in [0, 0.1) is 0 Å². The zero-order valence-electron chi connectivity index (χ0n) is 9.19. The Morgan fingerprint density at radius 3 is 2.88 bits per heavy atom. The van der Waals surface area contributed by atoms with Crippen LogP contribution in [-0.4, -0.2) is 23.3 Å². The quantitative estimate of drug-likeness (QED) is 0.725. The fourth-order valence-electron chi connectivity index (χ4n) is 1.68. The lowest BCUT2D eigenvalue weighted by atomic mass is 10.1. The third kappa shape index (κ3) is 2.44. The molecule has 1 heterocycles. The van der Waals surface area contributed by atoms with Crippen molar-refractivity contribution in [3.63, 3.8) is 0 Å². The predicted octanol–water partition coefficient (Wildman–Crippen LogP) is 0.773. The SMILES string of the molecule is NC(=O)CCNC(=O)c1cccc2[nH]ccc12. The molecule has 0 spiro atoms. The summed E-state index contributed by atoms with van der Waals surface area (Å²) in [6.45, 7) is 0.259. The smallest absolute Gasteiger partial charge is 0.251 e. The second kappa shape index (κ2) is 4.69. The summed E-state index contributed by atoms with van der Waals surface area (Å²) < 4.78 is 0. The first-order valence-corrected chi connectivity index (χ1v) is 5.31. The Morgan fingerprint density at radius 2 is 2.12 bits per heavy atom. The molecule has 4 N–H and O–H groups in total. The standard InChI is InChI=1S/C12H13N3O2/c13-11(16)5-7-15-12(17)9-2-1-3-10-8(9)4-6-14-10/h1-4,6,14H,5,7H2,(H2,13,16)(H,15,17). The summed E-state index contributed by atoms with van der Waals surface area (Å²) in [7, 11) is 0. The van der Waals surface area contributed by atoms with Crippen LogP contribution >= 0.6 is 0 Å². The summed E-state index contributed by atoms with van der Waals surface area (Å²) in [6, 6.07) is 7.30. The Morgan fingerprint density at radius 1 is 1.29 bits per heavy atom. The number of hydrogen-bond donors (Lipinski definition) is 3. The number of carbonyl (C=O) groups is 2. The maximum atomic E-state index is 11.9. The Labute approximate surface area is 98.0 Å². The first-order chi connectivity index (χ1) is 8.18. The molecular weight excluding hydrogens is 218 g/mol. The van der Waals surface area contributed by atoms with Crippen LogP contribution in [0.2, 0.25) is 0 Å². The van der Waals surface area contributed by atoms with Crippen molar-refractivity contribution in [1.82, 2.24) is 10.3 Å². The maximum Gasteiger partial charge on any atom is 0.251 e. The Balaban J connectivity index is 2.13. The van der Waals surface area contributed by atoms with Gasteiger partial charge in [-0.25, -0.2) is 0 Å². The molecule has 2 aromatic rings. The zero-order valence-corrected chi connectivity index (χ0v) is 9.19. The summed E-state index contributed by atoms with van der Waals surface area (Å²) in [6.07, 6.45) is 1.93. The summed E-state index contributed by atoms with van der Waals surface area (Å²) in [4.78, 5) is 25.5. The van der Waals surface area contributed by atoms with E-state index in [0.29, 0.717) is 5.56 Å². The second-order valence-corrected chi connectivity index (χ2v) is 3.72. The van der Waals surface area contributed by atoms with Crippen molar-refractivity contribution in [2.24, 2.45) is 5.73 Å². The van der Waals surface area contributed by atoms with Crippen molar-refractivity contribution in [1.29, 1.82) is 0 Å². The number of benzene rings is 1. The Hall–Kier alpha value is -2.30. The molecule has 0 atom stereocenters. The average Bonchev–Trinajstić information content (AvgIpc) is 2.75. The van der Waals surface area contributed by atoms with Crippen LogP contribution in [-0.2, 0) is 4.79 Å². The van der Waals surface area contributed by atoms with Gasteiger partial charge >= 0.3 is 0 Å². The van der Waals surface area contributed by atoms with Gasteiger partial charge in [0.2, 0.25) is 5.91 Å². The number of aromatic nitrogens is 1. The number of rotatable bonds is 4. The molecule has 0 bridgehead atoms. The van der Waals surface area contributed by atoms with E-state index < -0.39 is 5.91 Å². The van der Waals surface area contributed by atoms with Crippen molar-refractivity contribution in [3.05, 3.63) is 36.0 Å². The molecule has 88 valence electrons. The summed E-state index contributed by atoms with van der Waals surface area (Å²) in [5, 5.41) is 3.52. The zero-order chi connectivity index (χ0) is 12.3. The van der Waals surface area contributed by atoms with Gasteiger partial charge in [-0.15, -0.1) is 0 Å². The lowest BCUT2D eigenvalue weighted by molar-refractivity contribution is -0.117. The van der Waals surface area contributed by atoms with Gasteiger partial charge in [0.25, 0.3) is 5.91 Å². The largest absolute Gasteiger partial charge is 0.370 e. The van der Waals surface area contributed by atoms with E-state index in [1.807, 2.05) is 18.2 Å². The van der Waals surface area contributed by atoms with Gasteiger partial charge in [0.15, 0.2) is 0 Å². The number of aromatic amines is 1. The van der Waals surface area contributed by atoms with Crippen LogP contribution in [0.15, 0.2) is 30.5 Å². The second-order valence-electron chi connectivity index (χ2n) is 3.72. The maximum absolute atomic E-state index is 11.9. The van der Waals surface area contributed by atoms with Crippen LogP contribution in [0.25, 0.3) is 10.9 Å². The van der Waals surface area contributed by atoms with Crippen molar-refractivity contribution >= 4 is 22.7 Å². The minimum absolute atomic E-state index is 0.148. The van der Waals surface area contributed by atoms with Gasteiger partial charge in [-0.2, -0.15) is 0 Å². The van der Waals surface area contributed by atoms with Crippen LogP contribution in [0.5, 0.6) is 0 Å². The van der Waals surface area contributed by atoms with E-state index in [0.717, 1.165) is 10.9 Å². The molecule has 5 nitrogen and oxygen atoms in total. The fraction of sp³-hybridized carbons (Fsp3) is 0.167. The van der Waals surface area contributed by atoms with E-state index in [1.165, 1.54) is 0 Å². The van der Waals surface area contributed by atoms with E-state index in [1.54, 1.807) is 12.3 Å². The van der Waals surface area contributed by atoms with E-state index in [2.05, 4.69) is 10.3 Å². The van der Waals surface area contributed by atoms with Crippen molar-refractivity contribution < 1.29 is 9.59 Å². The van der Waals surface area contributed by atoms with Crippen LogP contribution in [0.3, 0.4) is 0 Å². The fourth-order valence-corrected chi connectivity index (χ4v) is 1.68. The molecule has 1 aromatic heterocycles. The molecule has 0 aliphatic rings. The number of H-pyrrole nitrogens is 1. The molecule has 0 fully saturated rings. The highest BCUT2D eigenvalue weighted by Gasteiger charge is 2.09. The molecule has 0 radical (unpaired) electrons. The van der Waals surface area contributed by atoms with Gasteiger partial charge in [0.1, 0.15) is 0 Å². The highest BCUT2D eigenvalue weighted by Crippen LogP contribution is 2.16. The van der Waals surface area contributed by atoms with Crippen LogP contribution in [0.1, 0.15) is 16.8 Å². The number of primary amides is 1. The molecule has 17 heavy (non-hydrogen) atoms. The van der Waals surface area contributed by atoms with Crippen LogP contribution in [0.4, 0.5) is 0 Å². The number of fused-ring (bicyclic) bond motifs is 1. The first-order valence-electron chi connectivity index (χ1n) is 5.31. The van der Waals surface area contributed by atoms with Gasteiger partial charge in [0.05, 0.1) is 0 Å². The molecule has 1 aromatic carbocycles. The van der Waals surface area contributed by atoms with E-state index in [9.17, 15) is 9.59 Å². The molecule has 5 heteroatoms. The van der Waals surface area contributed by atoms with Crippen LogP contribution < -0.4 is 11.1 Å². The molecule has 0 aliphatic carbocycles. The molecule has 0 saturated carbocycles. The molecular formula is C12H13N3O2. The number of amides is 2. The normalized spacial score (nSPS) is 10.4. The highest BCUT2D eigenvalue weighted by molar-refractivity contribution is 6.06. The number of nitrogens with one attached hydrogen (secondary N) is 2. The lowest BCUT2D eigenvalue weighted by Gasteiger charge is -2.04. The number of nitrogens with two attached hydrogens (primary N) is 1. The predicted molar refractivity (Wildman–Crippen MR) is 64.4 cm³/mol. The van der Waals surface area contributed by atoms with Gasteiger partial charge in [-0.1, -0.05) is 6.07 Å². The summed E-state index contributed by atoms with van der Waals surface area (Å²) >= 11 is 0. The summed E-state index contributed by atoms with van der Waals surface area (Å²) in [5.74, 6) is -0.624. The van der Waals surface area contributed by atoms with Crippen molar-refractivity contribution in [2.75, 3.05) is 6.54 Å². The van der Waals surface area contributed by atoms with Gasteiger partial charge < -0.3 is 16.0 Å². The Kier molecular flexibility index (Phi) is 3.09. The van der Waals surface area contributed by atoms with Gasteiger partial charge in [-0.05, 0) is 18.2 Å². The average molecular weight is 231 g/mol. The van der Waals surface area contributed by atoms with Crippen molar-refractivity contribution in [2.45, 2.75) is 6.42 Å². The topological polar surface area (TPSA) is 88.0 Å². The Bertz CT molecular complexity index is 560. The minimum Gasteiger partial charge on any atom is -0.370 e. The third-order valence-electron chi connectivity index (χ3n) is 2.50. The minimum atomic E-state index is -0.426. The summed E-state index contributed by atoms with van der Waals surface area (Å²) in [5.41, 5.74) is 6.50. The van der Waals surface area contributed by atoms with E-state index in [-0.39, 0.29) is 18.9 Å². The van der Waals surface area contributed by atoms with Gasteiger partial charge in [-0.3, -0.25) is 9.59 Å². The van der Waals surface area contributed by atoms with Gasteiger partial charge in [0, 0.05) is 35.6 Å². The molecule has 0 saturated heterocycles. The van der Waals surface area contributed by atoms with Crippen molar-refractivity contribution in [3.8, 4) is 0 Å². The first kappa shape index (κ1) is 11.2. The number of hydrogen-bond acceptors (Lipinski definition) is 2. The van der Waals surface area contributed by atoms with E-state index in [4.69, 9.17) is 5.73 Å². The monoisotopic (exact) mass is 231 g/mol. The molecule has 2 rings (SSSR count). The van der Waals surface area contributed by atoms with E-state index >= 15 is 0 Å². The third-order valence-corrected chi connectivity index (χ3v) is 2.50.